The average Bonchev–Trinajstić information content (AvgIpc) is 2.25. The molecule has 0 aliphatic rings. The van der Waals surface area contributed by atoms with Gasteiger partial charge < -0.3 is 5.32 Å². The second kappa shape index (κ2) is 6.58. The summed E-state index contributed by atoms with van der Waals surface area (Å²) in [6.45, 7) is 8.49. The van der Waals surface area contributed by atoms with E-state index in [0.717, 1.165) is 6.42 Å². The Morgan fingerprint density at radius 3 is 2.19 bits per heavy atom. The summed E-state index contributed by atoms with van der Waals surface area (Å²) in [7, 11) is -3.70. The van der Waals surface area contributed by atoms with E-state index in [9.17, 15) is 13.2 Å². The van der Waals surface area contributed by atoms with Crippen LogP contribution in [0.3, 0.4) is 0 Å². The number of primary sulfonamides is 1. The molecule has 1 unspecified atom stereocenters. The first-order chi connectivity index (χ1) is 9.47. The molecule has 0 radical (unpaired) electrons. The van der Waals surface area contributed by atoms with Gasteiger partial charge in [-0.25, -0.2) is 13.6 Å². The quantitative estimate of drug-likeness (QED) is 0.876. The van der Waals surface area contributed by atoms with Crippen molar-refractivity contribution in [3.05, 3.63) is 24.3 Å². The molecule has 118 valence electrons. The number of amides is 1. The smallest absolute Gasteiger partial charge is 0.238 e. The predicted octanol–water partition coefficient (Wildman–Crippen LogP) is 2.73. The Morgan fingerprint density at radius 2 is 1.76 bits per heavy atom. The van der Waals surface area contributed by atoms with Crippen LogP contribution in [0.5, 0.6) is 0 Å². The highest BCUT2D eigenvalue weighted by Crippen LogP contribution is 2.26. The molecule has 0 spiro atoms. The topological polar surface area (TPSA) is 89.3 Å². The van der Waals surface area contributed by atoms with Crippen molar-refractivity contribution >= 4 is 21.6 Å². The van der Waals surface area contributed by atoms with Crippen molar-refractivity contribution < 1.29 is 13.2 Å². The molecule has 3 N–H and O–H groups in total. The SMILES string of the molecule is CC(CC(=O)Nc1ccc(S(N)(=O)=O)cc1)CC(C)(C)C. The highest BCUT2D eigenvalue weighted by molar-refractivity contribution is 7.89. The second-order valence-electron chi connectivity index (χ2n) is 6.69. The first-order valence-electron chi connectivity index (χ1n) is 6.90. The van der Waals surface area contributed by atoms with Crippen LogP contribution in [0.4, 0.5) is 5.69 Å². The summed E-state index contributed by atoms with van der Waals surface area (Å²) in [4.78, 5) is 12.0. The van der Waals surface area contributed by atoms with Gasteiger partial charge in [0.2, 0.25) is 15.9 Å². The number of hydrogen-bond donors (Lipinski definition) is 2. The Hall–Kier alpha value is -1.40. The molecule has 0 saturated carbocycles. The number of carbonyl (C=O) groups excluding carboxylic acids is 1. The van der Waals surface area contributed by atoms with Crippen LogP contribution in [-0.2, 0) is 14.8 Å². The highest BCUT2D eigenvalue weighted by Gasteiger charge is 2.18. The Morgan fingerprint density at radius 1 is 1.24 bits per heavy atom. The Labute approximate surface area is 127 Å². The van der Waals surface area contributed by atoms with Gasteiger partial charge in [-0.2, -0.15) is 0 Å². The monoisotopic (exact) mass is 312 g/mol. The van der Waals surface area contributed by atoms with Gasteiger partial charge in [0.1, 0.15) is 0 Å². The van der Waals surface area contributed by atoms with Crippen molar-refractivity contribution in [1.29, 1.82) is 0 Å². The molecule has 1 rings (SSSR count). The Kier molecular flexibility index (Phi) is 5.53. The first-order valence-corrected chi connectivity index (χ1v) is 8.45. The lowest BCUT2D eigenvalue weighted by atomic mass is 9.84. The minimum Gasteiger partial charge on any atom is -0.326 e. The zero-order valence-corrected chi connectivity index (χ0v) is 13.8. The number of rotatable bonds is 5. The molecule has 6 heteroatoms. The molecule has 1 aromatic carbocycles. The van der Waals surface area contributed by atoms with Crippen LogP contribution in [-0.4, -0.2) is 14.3 Å². The molecule has 1 atom stereocenters. The van der Waals surface area contributed by atoms with E-state index in [1.807, 2.05) is 0 Å². The minimum absolute atomic E-state index is 0.0293. The summed E-state index contributed by atoms with van der Waals surface area (Å²) in [5.41, 5.74) is 0.756. The van der Waals surface area contributed by atoms with Gasteiger partial charge in [0, 0.05) is 12.1 Å². The van der Waals surface area contributed by atoms with Crippen LogP contribution >= 0.6 is 0 Å². The van der Waals surface area contributed by atoms with Crippen molar-refractivity contribution in [2.75, 3.05) is 5.32 Å². The van der Waals surface area contributed by atoms with Crippen LogP contribution in [0.1, 0.15) is 40.5 Å². The number of hydrogen-bond acceptors (Lipinski definition) is 3. The maximum Gasteiger partial charge on any atom is 0.238 e. The number of nitrogens with two attached hydrogens (primary N) is 1. The number of nitrogens with one attached hydrogen (secondary N) is 1. The van der Waals surface area contributed by atoms with Crippen molar-refractivity contribution in [1.82, 2.24) is 0 Å². The van der Waals surface area contributed by atoms with E-state index < -0.39 is 10.0 Å². The van der Waals surface area contributed by atoms with Crippen molar-refractivity contribution in [2.45, 2.75) is 45.4 Å². The minimum atomic E-state index is -3.70. The standard InChI is InChI=1S/C15H24N2O3S/c1-11(10-15(2,3)4)9-14(18)17-12-5-7-13(8-6-12)21(16,19)20/h5-8,11H,9-10H2,1-4H3,(H,17,18)(H2,16,19,20). The molecular formula is C15H24N2O3S. The van der Waals surface area contributed by atoms with Gasteiger partial charge in [0.25, 0.3) is 0 Å². The molecule has 0 aliphatic carbocycles. The van der Waals surface area contributed by atoms with Crippen LogP contribution in [0.15, 0.2) is 29.2 Å². The number of sulfonamides is 1. The van der Waals surface area contributed by atoms with Crippen molar-refractivity contribution in [3.8, 4) is 0 Å². The summed E-state index contributed by atoms with van der Waals surface area (Å²) in [6.07, 6.45) is 1.40. The summed E-state index contributed by atoms with van der Waals surface area (Å²) in [6, 6.07) is 5.82. The molecule has 0 aliphatic heterocycles. The lowest BCUT2D eigenvalue weighted by Gasteiger charge is -2.22. The fourth-order valence-electron chi connectivity index (χ4n) is 2.37. The zero-order chi connectivity index (χ0) is 16.3. The van der Waals surface area contributed by atoms with Gasteiger partial charge in [-0.1, -0.05) is 27.7 Å². The van der Waals surface area contributed by atoms with Gasteiger partial charge in [-0.05, 0) is 42.0 Å². The summed E-state index contributed by atoms with van der Waals surface area (Å²) in [5, 5.41) is 7.78. The predicted molar refractivity (Wildman–Crippen MR) is 84.3 cm³/mol. The van der Waals surface area contributed by atoms with E-state index in [1.165, 1.54) is 24.3 Å². The normalized spacial score (nSPS) is 13.8. The molecule has 0 bridgehead atoms. The van der Waals surface area contributed by atoms with Gasteiger partial charge in [0.15, 0.2) is 0 Å². The van der Waals surface area contributed by atoms with E-state index in [1.54, 1.807) is 0 Å². The molecule has 1 aromatic rings. The third-order valence-electron chi connectivity index (χ3n) is 2.96. The lowest BCUT2D eigenvalue weighted by molar-refractivity contribution is -0.117. The van der Waals surface area contributed by atoms with E-state index >= 15 is 0 Å². The number of anilines is 1. The first kappa shape index (κ1) is 17.7. The van der Waals surface area contributed by atoms with Crippen LogP contribution in [0.2, 0.25) is 0 Å². The van der Waals surface area contributed by atoms with E-state index in [0.29, 0.717) is 12.1 Å². The molecular weight excluding hydrogens is 288 g/mol. The van der Waals surface area contributed by atoms with Crippen LogP contribution in [0, 0.1) is 11.3 Å². The van der Waals surface area contributed by atoms with Gasteiger partial charge in [-0.3, -0.25) is 4.79 Å². The molecule has 1 amide bonds. The fraction of sp³-hybridized carbons (Fsp3) is 0.533. The van der Waals surface area contributed by atoms with Crippen molar-refractivity contribution in [2.24, 2.45) is 16.5 Å². The number of benzene rings is 1. The maximum absolute atomic E-state index is 11.9. The largest absolute Gasteiger partial charge is 0.326 e. The molecule has 0 saturated heterocycles. The second-order valence-corrected chi connectivity index (χ2v) is 8.25. The van der Waals surface area contributed by atoms with Crippen LogP contribution in [0.25, 0.3) is 0 Å². The lowest BCUT2D eigenvalue weighted by Crippen LogP contribution is -2.19. The number of carbonyl (C=O) groups is 1. The van der Waals surface area contributed by atoms with E-state index in [4.69, 9.17) is 5.14 Å². The highest BCUT2D eigenvalue weighted by atomic mass is 32.2. The molecule has 0 fully saturated rings. The third-order valence-corrected chi connectivity index (χ3v) is 3.89. The molecule has 21 heavy (non-hydrogen) atoms. The van der Waals surface area contributed by atoms with E-state index in [-0.39, 0.29) is 22.1 Å². The Balaban J connectivity index is 2.59. The maximum atomic E-state index is 11.9. The zero-order valence-electron chi connectivity index (χ0n) is 13.0. The fourth-order valence-corrected chi connectivity index (χ4v) is 2.89. The summed E-state index contributed by atoms with van der Waals surface area (Å²) >= 11 is 0. The molecule has 0 aromatic heterocycles. The Bertz CT molecular complexity index is 586. The van der Waals surface area contributed by atoms with Gasteiger partial charge in [0.05, 0.1) is 4.90 Å². The van der Waals surface area contributed by atoms with Gasteiger partial charge in [-0.15, -0.1) is 0 Å². The van der Waals surface area contributed by atoms with E-state index in [2.05, 4.69) is 33.0 Å². The molecule has 5 nitrogen and oxygen atoms in total. The average molecular weight is 312 g/mol. The third kappa shape index (κ3) is 6.73. The van der Waals surface area contributed by atoms with Crippen molar-refractivity contribution in [3.63, 3.8) is 0 Å². The summed E-state index contributed by atoms with van der Waals surface area (Å²) in [5.74, 6) is 0.212. The molecule has 0 heterocycles. The summed E-state index contributed by atoms with van der Waals surface area (Å²) < 4.78 is 22.3. The van der Waals surface area contributed by atoms with Gasteiger partial charge >= 0.3 is 0 Å². The van der Waals surface area contributed by atoms with Crippen LogP contribution < -0.4 is 10.5 Å².